The average molecular weight is 231 g/mol. The number of esters is 1. The summed E-state index contributed by atoms with van der Waals surface area (Å²) in [6.07, 6.45) is 0. The zero-order chi connectivity index (χ0) is 10.4. The van der Waals surface area contributed by atoms with Gasteiger partial charge in [-0.1, -0.05) is 30.3 Å². The summed E-state index contributed by atoms with van der Waals surface area (Å²) in [5, 5.41) is 0. The number of halogens is 1. The smallest absolute Gasteiger partial charge is 0.324 e. The fourth-order valence-corrected chi connectivity index (χ4v) is 0.932. The Morgan fingerprint density at radius 3 is 2.47 bits per heavy atom. The first-order chi connectivity index (χ1) is 6.74. The summed E-state index contributed by atoms with van der Waals surface area (Å²) in [4.78, 5) is 11.1. The normalized spacial score (nSPS) is 11.3. The molecule has 0 fully saturated rings. The molecule has 1 rings (SSSR count). The molecule has 0 unspecified atom stereocenters. The molecule has 0 aromatic heterocycles. The van der Waals surface area contributed by atoms with Crippen LogP contribution in [-0.4, -0.2) is 18.6 Å². The quantitative estimate of drug-likeness (QED) is 0.736. The zero-order valence-corrected chi connectivity index (χ0v) is 9.07. The summed E-state index contributed by atoms with van der Waals surface area (Å²) < 4.78 is 4.94. The van der Waals surface area contributed by atoms with E-state index in [2.05, 4.69) is 0 Å². The Kier molecular flexibility index (Phi) is 6.70. The molecule has 4 N–H and O–H groups in total. The molecule has 5 heteroatoms. The minimum Gasteiger partial charge on any atom is -0.460 e. The van der Waals surface area contributed by atoms with Crippen LogP contribution in [0.5, 0.6) is 0 Å². The lowest BCUT2D eigenvalue weighted by Crippen LogP contribution is -2.38. The molecule has 0 aliphatic carbocycles. The van der Waals surface area contributed by atoms with Crippen LogP contribution in [0.4, 0.5) is 0 Å². The highest BCUT2D eigenvalue weighted by molar-refractivity contribution is 5.85. The molecular formula is C10H15ClN2O2. The molecule has 15 heavy (non-hydrogen) atoms. The molecule has 84 valence electrons. The maximum absolute atomic E-state index is 11.1. The van der Waals surface area contributed by atoms with E-state index in [4.69, 9.17) is 16.2 Å². The van der Waals surface area contributed by atoms with E-state index in [1.165, 1.54) is 0 Å². The summed E-state index contributed by atoms with van der Waals surface area (Å²) in [5.74, 6) is -0.462. The van der Waals surface area contributed by atoms with Crippen LogP contribution in [0.15, 0.2) is 30.3 Å². The van der Waals surface area contributed by atoms with Crippen LogP contribution in [0.1, 0.15) is 5.56 Å². The van der Waals surface area contributed by atoms with Crippen LogP contribution in [0.2, 0.25) is 0 Å². The lowest BCUT2D eigenvalue weighted by molar-refractivity contribution is -0.146. The second-order valence-corrected chi connectivity index (χ2v) is 2.94. The number of hydrogen-bond acceptors (Lipinski definition) is 4. The van der Waals surface area contributed by atoms with Gasteiger partial charge < -0.3 is 16.2 Å². The van der Waals surface area contributed by atoms with Crippen molar-refractivity contribution in [3.8, 4) is 0 Å². The molecular weight excluding hydrogens is 216 g/mol. The van der Waals surface area contributed by atoms with Gasteiger partial charge in [-0.05, 0) is 5.56 Å². The van der Waals surface area contributed by atoms with Gasteiger partial charge in [0.25, 0.3) is 0 Å². The Balaban J connectivity index is 0.00000196. The van der Waals surface area contributed by atoms with Gasteiger partial charge in [-0.15, -0.1) is 12.4 Å². The fourth-order valence-electron chi connectivity index (χ4n) is 0.932. The third kappa shape index (κ3) is 4.78. The summed E-state index contributed by atoms with van der Waals surface area (Å²) in [6, 6.07) is 8.69. The van der Waals surface area contributed by atoms with Gasteiger partial charge in [0.2, 0.25) is 0 Å². The number of ether oxygens (including phenoxy) is 1. The van der Waals surface area contributed by atoms with Crippen LogP contribution >= 0.6 is 12.4 Å². The molecule has 0 radical (unpaired) electrons. The van der Waals surface area contributed by atoms with Gasteiger partial charge in [0, 0.05) is 6.54 Å². The van der Waals surface area contributed by atoms with Gasteiger partial charge in [-0.25, -0.2) is 0 Å². The number of carbonyl (C=O) groups is 1. The first kappa shape index (κ1) is 13.9. The van der Waals surface area contributed by atoms with E-state index in [0.29, 0.717) is 0 Å². The minimum atomic E-state index is -0.723. The predicted molar refractivity (Wildman–Crippen MR) is 60.5 cm³/mol. The highest BCUT2D eigenvalue weighted by Gasteiger charge is 2.12. The largest absolute Gasteiger partial charge is 0.460 e. The maximum Gasteiger partial charge on any atom is 0.324 e. The molecule has 0 aliphatic heterocycles. The molecule has 0 aliphatic rings. The molecule has 0 saturated carbocycles. The highest BCUT2D eigenvalue weighted by atomic mass is 35.5. The number of carbonyl (C=O) groups excluding carboxylic acids is 1. The molecule has 0 heterocycles. The second kappa shape index (κ2) is 7.23. The Bertz CT molecular complexity index is 293. The monoisotopic (exact) mass is 230 g/mol. The van der Waals surface area contributed by atoms with Gasteiger partial charge in [0.05, 0.1) is 0 Å². The van der Waals surface area contributed by atoms with Crippen molar-refractivity contribution in [2.45, 2.75) is 12.6 Å². The standard InChI is InChI=1S/C10H14N2O2.ClH/c11-6-9(12)10(13)14-7-8-4-2-1-3-5-8;/h1-5,9H,6-7,11-12H2;1H/t9-;/m0./s1. The van der Waals surface area contributed by atoms with E-state index in [9.17, 15) is 4.79 Å². The van der Waals surface area contributed by atoms with Crippen molar-refractivity contribution in [3.63, 3.8) is 0 Å². The van der Waals surface area contributed by atoms with E-state index in [-0.39, 0.29) is 25.6 Å². The zero-order valence-electron chi connectivity index (χ0n) is 8.26. The van der Waals surface area contributed by atoms with Crippen LogP contribution in [0.3, 0.4) is 0 Å². The highest BCUT2D eigenvalue weighted by Crippen LogP contribution is 2.00. The third-order valence-electron chi connectivity index (χ3n) is 1.78. The first-order valence-corrected chi connectivity index (χ1v) is 4.40. The van der Waals surface area contributed by atoms with Gasteiger partial charge in [-0.3, -0.25) is 4.79 Å². The van der Waals surface area contributed by atoms with Crippen molar-refractivity contribution in [1.29, 1.82) is 0 Å². The van der Waals surface area contributed by atoms with E-state index >= 15 is 0 Å². The molecule has 1 aromatic rings. The molecule has 0 bridgehead atoms. The Hall–Kier alpha value is -1.10. The Morgan fingerprint density at radius 1 is 1.33 bits per heavy atom. The summed E-state index contributed by atoms with van der Waals surface area (Å²) in [5.41, 5.74) is 11.5. The Labute approximate surface area is 95.0 Å². The topological polar surface area (TPSA) is 78.3 Å². The minimum absolute atomic E-state index is 0. The maximum atomic E-state index is 11.1. The van der Waals surface area contributed by atoms with E-state index in [1.807, 2.05) is 30.3 Å². The van der Waals surface area contributed by atoms with Gasteiger partial charge in [0.15, 0.2) is 0 Å². The van der Waals surface area contributed by atoms with Crippen LogP contribution < -0.4 is 11.5 Å². The number of rotatable bonds is 4. The van der Waals surface area contributed by atoms with Crippen molar-refractivity contribution in [1.82, 2.24) is 0 Å². The number of nitrogens with two attached hydrogens (primary N) is 2. The van der Waals surface area contributed by atoms with Crippen LogP contribution in [0.25, 0.3) is 0 Å². The van der Waals surface area contributed by atoms with Crippen molar-refractivity contribution in [3.05, 3.63) is 35.9 Å². The van der Waals surface area contributed by atoms with E-state index < -0.39 is 12.0 Å². The molecule has 1 atom stereocenters. The van der Waals surface area contributed by atoms with Gasteiger partial charge in [0.1, 0.15) is 12.6 Å². The van der Waals surface area contributed by atoms with Crippen molar-refractivity contribution in [2.75, 3.05) is 6.54 Å². The van der Waals surface area contributed by atoms with Crippen molar-refractivity contribution in [2.24, 2.45) is 11.5 Å². The molecule has 4 nitrogen and oxygen atoms in total. The second-order valence-electron chi connectivity index (χ2n) is 2.94. The number of hydrogen-bond donors (Lipinski definition) is 2. The number of benzene rings is 1. The average Bonchev–Trinajstić information content (AvgIpc) is 2.26. The predicted octanol–water partition coefficient (Wildman–Crippen LogP) is 0.438. The van der Waals surface area contributed by atoms with Crippen LogP contribution in [-0.2, 0) is 16.1 Å². The molecule has 1 aromatic carbocycles. The van der Waals surface area contributed by atoms with Crippen molar-refractivity contribution >= 4 is 18.4 Å². The van der Waals surface area contributed by atoms with Gasteiger partial charge >= 0.3 is 5.97 Å². The van der Waals surface area contributed by atoms with Gasteiger partial charge in [-0.2, -0.15) is 0 Å². The van der Waals surface area contributed by atoms with E-state index in [0.717, 1.165) is 5.56 Å². The summed E-state index contributed by atoms with van der Waals surface area (Å²) >= 11 is 0. The summed E-state index contributed by atoms with van der Waals surface area (Å²) in [7, 11) is 0. The van der Waals surface area contributed by atoms with Crippen molar-refractivity contribution < 1.29 is 9.53 Å². The summed E-state index contributed by atoms with van der Waals surface area (Å²) in [6.45, 7) is 0.348. The third-order valence-corrected chi connectivity index (χ3v) is 1.78. The lowest BCUT2D eigenvalue weighted by Gasteiger charge is -2.08. The fraction of sp³-hybridized carbons (Fsp3) is 0.300. The van der Waals surface area contributed by atoms with E-state index in [1.54, 1.807) is 0 Å². The molecule has 0 spiro atoms. The molecule has 0 amide bonds. The lowest BCUT2D eigenvalue weighted by atomic mass is 10.2. The molecule has 0 saturated heterocycles. The first-order valence-electron chi connectivity index (χ1n) is 4.40. The Morgan fingerprint density at radius 2 is 1.93 bits per heavy atom. The SMILES string of the molecule is Cl.NC[C@H](N)C(=O)OCc1ccccc1. The van der Waals surface area contributed by atoms with Crippen LogP contribution in [0, 0.1) is 0 Å².